The Kier molecular flexibility index (Phi) is 5.49. The lowest BCUT2D eigenvalue weighted by molar-refractivity contribution is -0.117. The molecule has 7 nitrogen and oxygen atoms in total. The molecule has 0 aliphatic heterocycles. The number of carbonyl (C=O) groups is 2. The predicted octanol–water partition coefficient (Wildman–Crippen LogP) is 1.92. The van der Waals surface area contributed by atoms with Gasteiger partial charge in [-0.3, -0.25) is 9.59 Å². The number of hydrogen-bond acceptors (Lipinski definition) is 5. The third kappa shape index (κ3) is 4.40. The second-order valence-corrected chi connectivity index (χ2v) is 5.91. The van der Waals surface area contributed by atoms with E-state index in [1.807, 2.05) is 6.07 Å². The van der Waals surface area contributed by atoms with E-state index in [0.717, 1.165) is 5.69 Å². The molecule has 2 amide bonds. The molecule has 0 radical (unpaired) electrons. The summed E-state index contributed by atoms with van der Waals surface area (Å²) in [6.07, 6.45) is 0.300. The molecule has 0 aliphatic carbocycles. The molecule has 2 rings (SSSR count). The number of carbonyl (C=O) groups excluding carboxylic acids is 2. The Hall–Kier alpha value is -2.66. The zero-order valence-electron chi connectivity index (χ0n) is 12.9. The topological polar surface area (TPSA) is 99.8 Å². The SMILES string of the molecule is Cc1cc(NC(=O)[C@H](C)NC(=O)c2cccs2)n(CCC#N)n1. The van der Waals surface area contributed by atoms with Gasteiger partial charge in [-0.15, -0.1) is 11.3 Å². The summed E-state index contributed by atoms with van der Waals surface area (Å²) in [7, 11) is 0. The van der Waals surface area contributed by atoms with Crippen LogP contribution in [0.15, 0.2) is 23.6 Å². The van der Waals surface area contributed by atoms with Crippen molar-refractivity contribution in [2.24, 2.45) is 0 Å². The van der Waals surface area contributed by atoms with Crippen molar-refractivity contribution in [2.45, 2.75) is 32.9 Å². The summed E-state index contributed by atoms with van der Waals surface area (Å²) in [6.45, 7) is 3.82. The van der Waals surface area contributed by atoms with Crippen LogP contribution in [0.1, 0.15) is 28.7 Å². The van der Waals surface area contributed by atoms with Gasteiger partial charge in [-0.1, -0.05) is 6.07 Å². The maximum absolute atomic E-state index is 12.2. The zero-order valence-corrected chi connectivity index (χ0v) is 13.7. The van der Waals surface area contributed by atoms with E-state index in [0.29, 0.717) is 23.7 Å². The fourth-order valence-corrected chi connectivity index (χ4v) is 2.57. The van der Waals surface area contributed by atoms with Gasteiger partial charge in [-0.25, -0.2) is 4.68 Å². The highest BCUT2D eigenvalue weighted by Crippen LogP contribution is 2.12. The third-order valence-corrected chi connectivity index (χ3v) is 3.94. The molecule has 2 N–H and O–H groups in total. The van der Waals surface area contributed by atoms with Crippen LogP contribution in [0.2, 0.25) is 0 Å². The summed E-state index contributed by atoms with van der Waals surface area (Å²) in [5, 5.41) is 20.1. The van der Waals surface area contributed by atoms with E-state index in [1.165, 1.54) is 11.3 Å². The average molecular weight is 331 g/mol. The molecule has 0 unspecified atom stereocenters. The van der Waals surface area contributed by atoms with Gasteiger partial charge in [0.25, 0.3) is 5.91 Å². The number of hydrogen-bond donors (Lipinski definition) is 2. The molecule has 120 valence electrons. The summed E-state index contributed by atoms with van der Waals surface area (Å²) >= 11 is 1.32. The van der Waals surface area contributed by atoms with E-state index in [2.05, 4.69) is 15.7 Å². The number of amides is 2. The zero-order chi connectivity index (χ0) is 16.8. The Morgan fingerprint density at radius 1 is 1.52 bits per heavy atom. The third-order valence-electron chi connectivity index (χ3n) is 3.07. The first kappa shape index (κ1) is 16.7. The van der Waals surface area contributed by atoms with Crippen molar-refractivity contribution in [1.29, 1.82) is 5.26 Å². The summed E-state index contributed by atoms with van der Waals surface area (Å²) in [5.74, 6) is -0.107. The van der Waals surface area contributed by atoms with Crippen LogP contribution in [0.3, 0.4) is 0 Å². The van der Waals surface area contributed by atoms with Gasteiger partial charge in [-0.2, -0.15) is 10.4 Å². The van der Waals surface area contributed by atoms with Gasteiger partial charge in [0.05, 0.1) is 29.6 Å². The first-order valence-electron chi connectivity index (χ1n) is 7.08. The molecule has 0 saturated heterocycles. The standard InChI is InChI=1S/C15H17N5O2S/c1-10-9-13(20(19-10)7-4-6-16)18-14(21)11(2)17-15(22)12-5-3-8-23-12/h3,5,8-9,11H,4,7H2,1-2H3,(H,17,22)(H,18,21)/t11-/m0/s1. The van der Waals surface area contributed by atoms with Crippen LogP contribution in [-0.2, 0) is 11.3 Å². The van der Waals surface area contributed by atoms with Crippen LogP contribution in [0.5, 0.6) is 0 Å². The quantitative estimate of drug-likeness (QED) is 0.844. The Morgan fingerprint density at radius 3 is 2.96 bits per heavy atom. The van der Waals surface area contributed by atoms with Crippen molar-refractivity contribution in [3.8, 4) is 6.07 Å². The van der Waals surface area contributed by atoms with Crippen molar-refractivity contribution < 1.29 is 9.59 Å². The molecular weight excluding hydrogens is 314 g/mol. The maximum Gasteiger partial charge on any atom is 0.261 e. The highest BCUT2D eigenvalue weighted by molar-refractivity contribution is 7.12. The van der Waals surface area contributed by atoms with Crippen LogP contribution in [0.25, 0.3) is 0 Å². The molecule has 2 aromatic heterocycles. The Balaban J connectivity index is 1.98. The highest BCUT2D eigenvalue weighted by Gasteiger charge is 2.18. The Labute approximate surface area is 137 Å². The van der Waals surface area contributed by atoms with Crippen molar-refractivity contribution in [3.05, 3.63) is 34.2 Å². The number of nitrogens with one attached hydrogen (secondary N) is 2. The van der Waals surface area contributed by atoms with E-state index in [9.17, 15) is 9.59 Å². The molecular formula is C15H17N5O2S. The number of nitrogens with zero attached hydrogens (tertiary/aromatic N) is 3. The number of thiophene rings is 1. The molecule has 23 heavy (non-hydrogen) atoms. The molecule has 0 aliphatic rings. The van der Waals surface area contributed by atoms with Crippen molar-refractivity contribution >= 4 is 29.0 Å². The summed E-state index contributed by atoms with van der Waals surface area (Å²) < 4.78 is 1.57. The van der Waals surface area contributed by atoms with E-state index >= 15 is 0 Å². The van der Waals surface area contributed by atoms with E-state index in [4.69, 9.17) is 5.26 Å². The van der Waals surface area contributed by atoms with Crippen LogP contribution < -0.4 is 10.6 Å². The first-order chi connectivity index (χ1) is 11.0. The minimum Gasteiger partial charge on any atom is -0.340 e. The van der Waals surface area contributed by atoms with E-state index < -0.39 is 6.04 Å². The van der Waals surface area contributed by atoms with Crippen molar-refractivity contribution in [2.75, 3.05) is 5.32 Å². The minimum atomic E-state index is -0.691. The molecule has 0 saturated carbocycles. The fraction of sp³-hybridized carbons (Fsp3) is 0.333. The summed E-state index contributed by atoms with van der Waals surface area (Å²) in [6, 6.07) is 6.55. The van der Waals surface area contributed by atoms with E-state index in [1.54, 1.807) is 42.1 Å². The predicted molar refractivity (Wildman–Crippen MR) is 87.1 cm³/mol. The van der Waals surface area contributed by atoms with Gasteiger partial charge >= 0.3 is 0 Å². The van der Waals surface area contributed by atoms with Crippen LogP contribution in [-0.4, -0.2) is 27.6 Å². The molecule has 0 bridgehead atoms. The van der Waals surface area contributed by atoms with Gasteiger partial charge in [0.15, 0.2) is 0 Å². The van der Waals surface area contributed by atoms with Gasteiger partial charge < -0.3 is 10.6 Å². The highest BCUT2D eigenvalue weighted by atomic mass is 32.1. The molecule has 0 spiro atoms. The Bertz CT molecular complexity index is 730. The maximum atomic E-state index is 12.2. The number of anilines is 1. The molecule has 0 aromatic carbocycles. The minimum absolute atomic E-state index is 0.281. The second kappa shape index (κ2) is 7.56. The Morgan fingerprint density at radius 2 is 2.30 bits per heavy atom. The van der Waals surface area contributed by atoms with Gasteiger partial charge in [0, 0.05) is 6.07 Å². The largest absolute Gasteiger partial charge is 0.340 e. The summed E-state index contributed by atoms with van der Waals surface area (Å²) in [5.41, 5.74) is 0.744. The second-order valence-electron chi connectivity index (χ2n) is 4.96. The van der Waals surface area contributed by atoms with Crippen LogP contribution in [0, 0.1) is 18.3 Å². The van der Waals surface area contributed by atoms with Gasteiger partial charge in [0.2, 0.25) is 5.91 Å². The smallest absolute Gasteiger partial charge is 0.261 e. The number of rotatable bonds is 6. The van der Waals surface area contributed by atoms with Crippen LogP contribution in [0.4, 0.5) is 5.82 Å². The summed E-state index contributed by atoms with van der Waals surface area (Å²) in [4.78, 5) is 24.7. The first-order valence-corrected chi connectivity index (χ1v) is 7.96. The molecule has 2 aromatic rings. The lowest BCUT2D eigenvalue weighted by Crippen LogP contribution is -2.41. The normalized spacial score (nSPS) is 11.5. The van der Waals surface area contributed by atoms with Gasteiger partial charge in [0.1, 0.15) is 11.9 Å². The number of aryl methyl sites for hydroxylation is 2. The van der Waals surface area contributed by atoms with Gasteiger partial charge in [-0.05, 0) is 25.3 Å². The molecule has 1 atom stereocenters. The van der Waals surface area contributed by atoms with Crippen molar-refractivity contribution in [3.63, 3.8) is 0 Å². The fourth-order valence-electron chi connectivity index (χ4n) is 1.95. The molecule has 2 heterocycles. The number of nitriles is 1. The number of aromatic nitrogens is 2. The monoisotopic (exact) mass is 331 g/mol. The lowest BCUT2D eigenvalue weighted by Gasteiger charge is -2.14. The molecule has 8 heteroatoms. The lowest BCUT2D eigenvalue weighted by atomic mass is 10.3. The van der Waals surface area contributed by atoms with Crippen LogP contribution >= 0.6 is 11.3 Å². The van der Waals surface area contributed by atoms with Crippen molar-refractivity contribution in [1.82, 2.24) is 15.1 Å². The average Bonchev–Trinajstić information content (AvgIpc) is 3.15. The van der Waals surface area contributed by atoms with E-state index in [-0.39, 0.29) is 11.8 Å². The molecule has 0 fully saturated rings.